The second-order valence-electron chi connectivity index (χ2n) is 6.64. The Balaban J connectivity index is 1.99. The molecule has 2 rings (SSSR count). The number of carbonyl (C=O) groups excluding carboxylic acids is 1. The highest BCUT2D eigenvalue weighted by molar-refractivity contribution is 7.89. The van der Waals surface area contributed by atoms with E-state index in [-0.39, 0.29) is 22.4 Å². The van der Waals surface area contributed by atoms with E-state index in [1.54, 1.807) is 6.92 Å². The number of hydrogen-bond donors (Lipinski definition) is 2. The third-order valence-corrected chi connectivity index (χ3v) is 5.41. The number of sulfonamides is 1. The van der Waals surface area contributed by atoms with Gasteiger partial charge in [-0.1, -0.05) is 25.4 Å². The van der Waals surface area contributed by atoms with E-state index in [1.165, 1.54) is 30.3 Å². The number of halogens is 2. The fraction of sp³-hybridized carbons (Fsp3) is 0.316. The van der Waals surface area contributed by atoms with Crippen molar-refractivity contribution in [2.75, 3.05) is 18.5 Å². The first-order valence-electron chi connectivity index (χ1n) is 8.56. The molecule has 0 atom stereocenters. The first-order valence-corrected chi connectivity index (χ1v) is 10.4. The molecule has 0 aliphatic carbocycles. The van der Waals surface area contributed by atoms with E-state index in [0.717, 1.165) is 6.07 Å². The second kappa shape index (κ2) is 9.36. The summed E-state index contributed by atoms with van der Waals surface area (Å²) < 4.78 is 45.7. The summed E-state index contributed by atoms with van der Waals surface area (Å²) in [6.45, 7) is 5.56. The van der Waals surface area contributed by atoms with Crippen LogP contribution in [0.3, 0.4) is 0 Å². The van der Waals surface area contributed by atoms with Crippen LogP contribution in [0.15, 0.2) is 41.3 Å². The zero-order valence-electron chi connectivity index (χ0n) is 15.8. The van der Waals surface area contributed by atoms with Crippen molar-refractivity contribution in [1.82, 2.24) is 4.72 Å². The third kappa shape index (κ3) is 6.19. The van der Waals surface area contributed by atoms with Gasteiger partial charge in [-0.15, -0.1) is 0 Å². The maximum atomic E-state index is 13.1. The molecular weight excluding hydrogens is 407 g/mol. The van der Waals surface area contributed by atoms with Crippen molar-refractivity contribution >= 4 is 33.2 Å². The Morgan fingerprint density at radius 2 is 1.93 bits per heavy atom. The summed E-state index contributed by atoms with van der Waals surface area (Å²) in [6, 6.07) is 8.23. The van der Waals surface area contributed by atoms with E-state index in [2.05, 4.69) is 10.0 Å². The smallest absolute Gasteiger partial charge is 0.262 e. The van der Waals surface area contributed by atoms with E-state index in [1.807, 2.05) is 13.8 Å². The van der Waals surface area contributed by atoms with E-state index in [9.17, 15) is 17.6 Å². The lowest BCUT2D eigenvalue weighted by molar-refractivity contribution is -0.118. The molecule has 0 saturated carbocycles. The van der Waals surface area contributed by atoms with Crippen LogP contribution in [0.4, 0.5) is 10.1 Å². The van der Waals surface area contributed by atoms with E-state index in [4.69, 9.17) is 16.3 Å². The minimum Gasteiger partial charge on any atom is -0.483 e. The SMILES string of the molecule is Cc1cc(S(=O)(=O)NCC(C)C)ccc1OCC(=O)Nc1ccc(F)c(Cl)c1. The van der Waals surface area contributed by atoms with Crippen LogP contribution >= 0.6 is 11.6 Å². The van der Waals surface area contributed by atoms with Gasteiger partial charge in [0.15, 0.2) is 6.61 Å². The van der Waals surface area contributed by atoms with Crippen LogP contribution in [0.25, 0.3) is 0 Å². The Morgan fingerprint density at radius 1 is 1.21 bits per heavy atom. The average Bonchev–Trinajstić information content (AvgIpc) is 2.62. The predicted octanol–water partition coefficient (Wildman–Crippen LogP) is 3.74. The number of rotatable bonds is 8. The first-order chi connectivity index (χ1) is 13.1. The number of amides is 1. The molecule has 0 bridgehead atoms. The van der Waals surface area contributed by atoms with Gasteiger partial charge in [0, 0.05) is 12.2 Å². The van der Waals surface area contributed by atoms with Crippen LogP contribution < -0.4 is 14.8 Å². The van der Waals surface area contributed by atoms with Crippen LogP contribution in [0, 0.1) is 18.7 Å². The van der Waals surface area contributed by atoms with Crippen LogP contribution in [-0.4, -0.2) is 27.5 Å². The van der Waals surface area contributed by atoms with E-state index >= 15 is 0 Å². The van der Waals surface area contributed by atoms with Gasteiger partial charge in [-0.3, -0.25) is 4.79 Å². The van der Waals surface area contributed by atoms with Gasteiger partial charge in [-0.25, -0.2) is 17.5 Å². The molecule has 6 nitrogen and oxygen atoms in total. The van der Waals surface area contributed by atoms with Crippen molar-refractivity contribution in [3.05, 3.63) is 52.8 Å². The standard InChI is InChI=1S/C19H22ClFN2O4S/c1-12(2)10-22-28(25,26)15-5-7-18(13(3)8-15)27-11-19(24)23-14-4-6-17(21)16(20)9-14/h4-9,12,22H,10-11H2,1-3H3,(H,23,24). The average molecular weight is 429 g/mol. The summed E-state index contributed by atoms with van der Waals surface area (Å²) in [5, 5.41) is 2.44. The predicted molar refractivity (Wildman–Crippen MR) is 107 cm³/mol. The van der Waals surface area contributed by atoms with Crippen LogP contribution in [-0.2, 0) is 14.8 Å². The lowest BCUT2D eigenvalue weighted by Gasteiger charge is -2.13. The van der Waals surface area contributed by atoms with Crippen LogP contribution in [0.2, 0.25) is 5.02 Å². The molecule has 2 aromatic carbocycles. The van der Waals surface area contributed by atoms with Crippen molar-refractivity contribution in [3.8, 4) is 5.75 Å². The normalized spacial score (nSPS) is 11.5. The minimum absolute atomic E-state index is 0.0996. The number of anilines is 1. The minimum atomic E-state index is -3.60. The topological polar surface area (TPSA) is 84.5 Å². The molecule has 0 radical (unpaired) electrons. The first kappa shape index (κ1) is 22.1. The number of benzene rings is 2. The fourth-order valence-electron chi connectivity index (χ4n) is 2.22. The monoisotopic (exact) mass is 428 g/mol. The van der Waals surface area contributed by atoms with E-state index < -0.39 is 21.7 Å². The molecule has 0 heterocycles. The molecule has 0 aromatic heterocycles. The highest BCUT2D eigenvalue weighted by Crippen LogP contribution is 2.22. The van der Waals surface area contributed by atoms with Gasteiger partial charge in [0.25, 0.3) is 5.91 Å². The summed E-state index contributed by atoms with van der Waals surface area (Å²) in [5.41, 5.74) is 0.916. The Labute approximate surface area is 169 Å². The molecule has 2 aromatic rings. The summed E-state index contributed by atoms with van der Waals surface area (Å²) in [5.74, 6) is -0.468. The zero-order valence-corrected chi connectivity index (χ0v) is 17.3. The fourth-order valence-corrected chi connectivity index (χ4v) is 3.70. The van der Waals surface area contributed by atoms with Gasteiger partial charge < -0.3 is 10.1 Å². The molecule has 0 saturated heterocycles. The summed E-state index contributed by atoms with van der Waals surface area (Å²) in [4.78, 5) is 12.1. The van der Waals surface area contributed by atoms with Crippen LogP contribution in [0.5, 0.6) is 5.75 Å². The van der Waals surface area contributed by atoms with Gasteiger partial charge in [0.2, 0.25) is 10.0 Å². The summed E-state index contributed by atoms with van der Waals surface area (Å²) >= 11 is 5.67. The maximum Gasteiger partial charge on any atom is 0.262 e. The molecule has 1 amide bonds. The Kier molecular flexibility index (Phi) is 7.40. The number of nitrogens with one attached hydrogen (secondary N) is 2. The van der Waals surface area contributed by atoms with Gasteiger partial charge in [-0.05, 0) is 54.8 Å². The number of carbonyl (C=O) groups is 1. The van der Waals surface area contributed by atoms with Gasteiger partial charge in [0.05, 0.1) is 9.92 Å². The number of ether oxygens (including phenoxy) is 1. The Hall–Kier alpha value is -2.16. The molecule has 28 heavy (non-hydrogen) atoms. The molecule has 0 aliphatic heterocycles. The third-order valence-electron chi connectivity index (χ3n) is 3.70. The van der Waals surface area contributed by atoms with Crippen molar-refractivity contribution in [3.63, 3.8) is 0 Å². The Bertz CT molecular complexity index is 964. The second-order valence-corrected chi connectivity index (χ2v) is 8.81. The largest absolute Gasteiger partial charge is 0.483 e. The van der Waals surface area contributed by atoms with Gasteiger partial charge in [0.1, 0.15) is 11.6 Å². The van der Waals surface area contributed by atoms with Crippen molar-refractivity contribution in [2.45, 2.75) is 25.7 Å². The molecule has 152 valence electrons. The molecule has 0 spiro atoms. The van der Waals surface area contributed by atoms with Crippen molar-refractivity contribution in [2.24, 2.45) is 5.92 Å². The highest BCUT2D eigenvalue weighted by Gasteiger charge is 2.16. The molecular formula is C19H22ClFN2O4S. The van der Waals surface area contributed by atoms with Crippen molar-refractivity contribution in [1.29, 1.82) is 0 Å². The molecule has 9 heteroatoms. The summed E-state index contributed by atoms with van der Waals surface area (Å²) in [6.07, 6.45) is 0. The molecule has 0 aliphatic rings. The van der Waals surface area contributed by atoms with Crippen molar-refractivity contribution < 1.29 is 22.3 Å². The summed E-state index contributed by atoms with van der Waals surface area (Å²) in [7, 11) is -3.60. The van der Waals surface area contributed by atoms with E-state index in [0.29, 0.717) is 23.5 Å². The maximum absolute atomic E-state index is 13.1. The highest BCUT2D eigenvalue weighted by atomic mass is 35.5. The number of aryl methyl sites for hydroxylation is 1. The molecule has 0 unspecified atom stereocenters. The lowest BCUT2D eigenvalue weighted by atomic mass is 10.2. The quantitative estimate of drug-likeness (QED) is 0.670. The van der Waals surface area contributed by atoms with Gasteiger partial charge >= 0.3 is 0 Å². The van der Waals surface area contributed by atoms with Crippen LogP contribution in [0.1, 0.15) is 19.4 Å². The zero-order chi connectivity index (χ0) is 20.9. The lowest BCUT2D eigenvalue weighted by Crippen LogP contribution is -2.27. The molecule has 2 N–H and O–H groups in total. The number of hydrogen-bond acceptors (Lipinski definition) is 4. The van der Waals surface area contributed by atoms with Gasteiger partial charge in [-0.2, -0.15) is 0 Å². The molecule has 0 fully saturated rings. The Morgan fingerprint density at radius 3 is 2.54 bits per heavy atom.